The van der Waals surface area contributed by atoms with Crippen molar-refractivity contribution >= 4 is 17.7 Å². The molecule has 3 aromatic rings. The first-order chi connectivity index (χ1) is 14.6. The Hall–Kier alpha value is -3.89. The predicted octanol–water partition coefficient (Wildman–Crippen LogP) is 4.87. The number of methoxy groups -OCH3 is 1. The number of non-ortho nitro benzene ring substituents is 1. The van der Waals surface area contributed by atoms with Gasteiger partial charge in [0.2, 0.25) is 0 Å². The molecule has 8 nitrogen and oxygen atoms in total. The van der Waals surface area contributed by atoms with E-state index in [-0.39, 0.29) is 11.5 Å². The number of rotatable bonds is 6. The molecule has 0 saturated carbocycles. The van der Waals surface area contributed by atoms with Crippen LogP contribution in [0.2, 0.25) is 0 Å². The van der Waals surface area contributed by atoms with E-state index in [0.29, 0.717) is 11.4 Å². The Morgan fingerprint density at radius 1 is 1.23 bits per heavy atom. The summed E-state index contributed by atoms with van der Waals surface area (Å²) >= 11 is 0. The molecule has 0 aliphatic carbocycles. The predicted molar refractivity (Wildman–Crippen MR) is 109 cm³/mol. The highest BCUT2D eigenvalue weighted by Gasteiger charge is 2.30. The van der Waals surface area contributed by atoms with Gasteiger partial charge in [-0.25, -0.2) is 4.98 Å². The molecule has 1 N–H and O–H groups in total. The summed E-state index contributed by atoms with van der Waals surface area (Å²) in [6.07, 6.45) is -2.22. The minimum absolute atomic E-state index is 0.0851. The molecule has 0 aliphatic heterocycles. The number of aromatic nitrogens is 2. The van der Waals surface area contributed by atoms with E-state index in [1.807, 2.05) is 24.5 Å². The Kier molecular flexibility index (Phi) is 5.95. The Morgan fingerprint density at radius 3 is 2.55 bits per heavy atom. The lowest BCUT2D eigenvalue weighted by molar-refractivity contribution is -0.384. The number of alkyl halides is 3. The molecule has 2 heterocycles. The van der Waals surface area contributed by atoms with Crippen molar-refractivity contribution in [1.29, 1.82) is 0 Å². The fourth-order valence-electron chi connectivity index (χ4n) is 3.05. The minimum Gasteiger partial charge on any atom is -0.494 e. The summed E-state index contributed by atoms with van der Waals surface area (Å²) < 4.78 is 45.0. The summed E-state index contributed by atoms with van der Waals surface area (Å²) in [5.74, 6) is 0.502. The van der Waals surface area contributed by atoms with Crippen LogP contribution in [0.4, 0.5) is 24.7 Å². The molecule has 0 spiro atoms. The number of nitrogens with one attached hydrogen (secondary N) is 1. The maximum absolute atomic E-state index is 12.6. The van der Waals surface area contributed by atoms with Crippen molar-refractivity contribution in [2.45, 2.75) is 20.0 Å². The molecular formula is C20H18F3N5O3. The van der Waals surface area contributed by atoms with Crippen LogP contribution in [0.25, 0.3) is 5.69 Å². The van der Waals surface area contributed by atoms with Crippen LogP contribution in [-0.4, -0.2) is 27.8 Å². The molecule has 31 heavy (non-hydrogen) atoms. The first-order valence-corrected chi connectivity index (χ1v) is 8.96. The van der Waals surface area contributed by atoms with Crippen LogP contribution in [0.15, 0.2) is 47.7 Å². The largest absolute Gasteiger partial charge is 0.494 e. The summed E-state index contributed by atoms with van der Waals surface area (Å²) in [6.45, 7) is 3.70. The van der Waals surface area contributed by atoms with Gasteiger partial charge in [0, 0.05) is 29.2 Å². The highest BCUT2D eigenvalue weighted by atomic mass is 19.4. The van der Waals surface area contributed by atoms with E-state index < -0.39 is 16.7 Å². The van der Waals surface area contributed by atoms with Crippen molar-refractivity contribution < 1.29 is 22.8 Å². The number of pyridine rings is 1. The maximum atomic E-state index is 12.6. The number of nitro groups is 1. The van der Waals surface area contributed by atoms with E-state index in [1.165, 1.54) is 31.5 Å². The smallest absolute Gasteiger partial charge is 0.417 e. The number of hydrogen-bond donors (Lipinski definition) is 1. The summed E-state index contributed by atoms with van der Waals surface area (Å²) in [6, 6.07) is 8.29. The van der Waals surface area contributed by atoms with E-state index in [0.717, 1.165) is 29.2 Å². The highest BCUT2D eigenvalue weighted by molar-refractivity contribution is 5.83. The van der Waals surface area contributed by atoms with Gasteiger partial charge in [0.25, 0.3) is 5.69 Å². The average Bonchev–Trinajstić information content (AvgIpc) is 3.00. The minimum atomic E-state index is -4.45. The quantitative estimate of drug-likeness (QED) is 0.340. The van der Waals surface area contributed by atoms with Gasteiger partial charge in [-0.2, -0.15) is 18.3 Å². The number of halogens is 3. The molecule has 0 radical (unpaired) electrons. The number of nitrogens with zero attached hydrogens (tertiary/aromatic N) is 4. The molecule has 0 atom stereocenters. The second-order valence-electron chi connectivity index (χ2n) is 6.58. The van der Waals surface area contributed by atoms with Crippen LogP contribution >= 0.6 is 0 Å². The first-order valence-electron chi connectivity index (χ1n) is 8.96. The van der Waals surface area contributed by atoms with Gasteiger partial charge in [-0.3, -0.25) is 15.5 Å². The third-order valence-corrected chi connectivity index (χ3v) is 4.56. The van der Waals surface area contributed by atoms with Gasteiger partial charge in [-0.1, -0.05) is 0 Å². The van der Waals surface area contributed by atoms with Crippen molar-refractivity contribution in [3.63, 3.8) is 0 Å². The summed E-state index contributed by atoms with van der Waals surface area (Å²) in [4.78, 5) is 14.2. The second-order valence-corrected chi connectivity index (χ2v) is 6.58. The van der Waals surface area contributed by atoms with Gasteiger partial charge in [-0.15, -0.1) is 0 Å². The van der Waals surface area contributed by atoms with Crippen molar-refractivity contribution in [2.75, 3.05) is 12.5 Å². The van der Waals surface area contributed by atoms with Gasteiger partial charge in [0.15, 0.2) is 0 Å². The van der Waals surface area contributed by atoms with Crippen LogP contribution in [0.5, 0.6) is 5.75 Å². The number of hydrazone groups is 1. The molecule has 162 valence electrons. The van der Waals surface area contributed by atoms with Gasteiger partial charge in [0.05, 0.1) is 35.6 Å². The SMILES string of the molecule is COc1cc([N+](=O)[O-])ccc1-n1c(C)cc(/C=N\Nc2ccc(C(F)(F)F)cn2)c1C. The molecule has 3 rings (SSSR count). The van der Waals surface area contributed by atoms with E-state index in [1.54, 1.807) is 6.07 Å². The Balaban J connectivity index is 1.84. The molecule has 0 saturated heterocycles. The summed E-state index contributed by atoms with van der Waals surface area (Å²) in [5, 5.41) is 15.1. The van der Waals surface area contributed by atoms with E-state index in [2.05, 4.69) is 15.5 Å². The number of nitro benzene ring substituents is 1. The normalized spacial score (nSPS) is 11.7. The van der Waals surface area contributed by atoms with Crippen molar-refractivity contribution in [3.8, 4) is 11.4 Å². The second kappa shape index (κ2) is 8.46. The summed E-state index contributed by atoms with van der Waals surface area (Å²) in [5.41, 5.74) is 4.64. The molecule has 0 amide bonds. The highest BCUT2D eigenvalue weighted by Crippen LogP contribution is 2.31. The van der Waals surface area contributed by atoms with E-state index in [4.69, 9.17) is 4.74 Å². The standard InChI is InChI=1S/C20H18F3N5O3/c1-12-8-14(10-25-26-19-7-4-15(11-24-19)20(21,22)23)13(2)27(12)17-6-5-16(28(29)30)9-18(17)31-3/h4-11H,1-3H3,(H,24,26)/b25-10-. The zero-order valence-corrected chi connectivity index (χ0v) is 16.8. The third kappa shape index (κ3) is 4.65. The lowest BCUT2D eigenvalue weighted by Crippen LogP contribution is -2.05. The van der Waals surface area contributed by atoms with Crippen LogP contribution in [-0.2, 0) is 6.18 Å². The lowest BCUT2D eigenvalue weighted by atomic mass is 10.2. The number of anilines is 1. The van der Waals surface area contributed by atoms with E-state index in [9.17, 15) is 23.3 Å². The van der Waals surface area contributed by atoms with Crippen molar-refractivity contribution in [1.82, 2.24) is 9.55 Å². The lowest BCUT2D eigenvalue weighted by Gasteiger charge is -2.13. The third-order valence-electron chi connectivity index (χ3n) is 4.56. The van der Waals surface area contributed by atoms with Crippen LogP contribution in [0, 0.1) is 24.0 Å². The molecular weight excluding hydrogens is 415 g/mol. The molecule has 0 unspecified atom stereocenters. The van der Waals surface area contributed by atoms with Gasteiger partial charge < -0.3 is 9.30 Å². The monoisotopic (exact) mass is 433 g/mol. The number of ether oxygens (including phenoxy) is 1. The number of aryl methyl sites for hydroxylation is 1. The Labute approximate surface area is 175 Å². The molecule has 11 heteroatoms. The maximum Gasteiger partial charge on any atom is 0.417 e. The van der Waals surface area contributed by atoms with Gasteiger partial charge in [-0.05, 0) is 38.1 Å². The molecule has 0 bridgehead atoms. The van der Waals surface area contributed by atoms with E-state index >= 15 is 0 Å². The number of hydrogen-bond acceptors (Lipinski definition) is 6. The Morgan fingerprint density at radius 2 is 1.97 bits per heavy atom. The van der Waals surface area contributed by atoms with Crippen LogP contribution in [0.3, 0.4) is 0 Å². The zero-order chi connectivity index (χ0) is 22.8. The van der Waals surface area contributed by atoms with Gasteiger partial charge in [0.1, 0.15) is 11.6 Å². The van der Waals surface area contributed by atoms with Gasteiger partial charge >= 0.3 is 6.18 Å². The van der Waals surface area contributed by atoms with Crippen molar-refractivity contribution in [2.24, 2.45) is 5.10 Å². The first kappa shape index (κ1) is 21.8. The molecule has 1 aromatic carbocycles. The fraction of sp³-hybridized carbons (Fsp3) is 0.200. The fourth-order valence-corrected chi connectivity index (χ4v) is 3.05. The molecule has 0 fully saturated rings. The Bertz CT molecular complexity index is 1140. The topological polar surface area (TPSA) is 94.6 Å². The summed E-state index contributed by atoms with van der Waals surface area (Å²) in [7, 11) is 1.43. The van der Waals surface area contributed by atoms with Crippen molar-refractivity contribution in [3.05, 3.63) is 75.2 Å². The average molecular weight is 433 g/mol. The zero-order valence-electron chi connectivity index (χ0n) is 16.8. The van der Waals surface area contributed by atoms with Crippen LogP contribution in [0.1, 0.15) is 22.5 Å². The molecule has 0 aliphatic rings. The number of benzene rings is 1. The van der Waals surface area contributed by atoms with Crippen LogP contribution < -0.4 is 10.2 Å². The molecule has 2 aromatic heterocycles.